The van der Waals surface area contributed by atoms with Gasteiger partial charge >= 0.3 is 0 Å². The molecule has 170 valence electrons. The maximum absolute atomic E-state index is 13.8. The quantitative estimate of drug-likeness (QED) is 0.400. The van der Waals surface area contributed by atoms with E-state index in [9.17, 15) is 4.79 Å². The Bertz CT molecular complexity index is 1260. The van der Waals surface area contributed by atoms with Crippen LogP contribution in [0.1, 0.15) is 29.9 Å². The van der Waals surface area contributed by atoms with Crippen LogP contribution in [0.5, 0.6) is 11.5 Å². The van der Waals surface area contributed by atoms with E-state index in [1.54, 1.807) is 0 Å². The molecule has 0 radical (unpaired) electrons. The lowest BCUT2D eigenvalue weighted by Gasteiger charge is -2.36. The van der Waals surface area contributed by atoms with Gasteiger partial charge in [0.15, 0.2) is 0 Å². The van der Waals surface area contributed by atoms with E-state index in [0.29, 0.717) is 5.92 Å². The molecular formula is C29H27N3O2. The Balaban J connectivity index is 1.17. The third-order valence-electron chi connectivity index (χ3n) is 7.06. The van der Waals surface area contributed by atoms with E-state index in [1.807, 2.05) is 77.8 Å². The van der Waals surface area contributed by atoms with Crippen LogP contribution in [0.15, 0.2) is 91.3 Å². The Hall–Kier alpha value is -3.86. The second-order valence-electron chi connectivity index (χ2n) is 9.15. The van der Waals surface area contributed by atoms with Crippen molar-refractivity contribution < 1.29 is 9.53 Å². The molecule has 0 bridgehead atoms. The first-order valence-electron chi connectivity index (χ1n) is 12.0. The molecule has 0 atom stereocenters. The van der Waals surface area contributed by atoms with Crippen LogP contribution in [0.3, 0.4) is 0 Å². The third-order valence-corrected chi connectivity index (χ3v) is 7.06. The van der Waals surface area contributed by atoms with E-state index in [-0.39, 0.29) is 11.8 Å². The summed E-state index contributed by atoms with van der Waals surface area (Å²) in [5.41, 5.74) is 3.05. The molecule has 5 heteroatoms. The minimum absolute atomic E-state index is 0.175. The highest BCUT2D eigenvalue weighted by Gasteiger charge is 2.36. The first-order valence-corrected chi connectivity index (χ1v) is 12.0. The van der Waals surface area contributed by atoms with E-state index in [4.69, 9.17) is 4.74 Å². The van der Waals surface area contributed by atoms with Crippen molar-refractivity contribution in [2.45, 2.75) is 25.3 Å². The minimum Gasteiger partial charge on any atom is -0.457 e. The van der Waals surface area contributed by atoms with Crippen molar-refractivity contribution in [3.8, 4) is 22.9 Å². The molecule has 1 aromatic heterocycles. The fraction of sp³-hybridized carbons (Fsp3) is 0.241. The van der Waals surface area contributed by atoms with E-state index < -0.39 is 0 Å². The summed E-state index contributed by atoms with van der Waals surface area (Å²) >= 11 is 0. The molecule has 1 amide bonds. The summed E-state index contributed by atoms with van der Waals surface area (Å²) in [6.07, 6.45) is 5.92. The second kappa shape index (κ2) is 8.82. The van der Waals surface area contributed by atoms with Crippen molar-refractivity contribution >= 4 is 5.91 Å². The van der Waals surface area contributed by atoms with Gasteiger partial charge in [-0.05, 0) is 30.9 Å². The lowest BCUT2D eigenvalue weighted by molar-refractivity contribution is -0.133. The van der Waals surface area contributed by atoms with E-state index >= 15 is 0 Å². The number of hydrogen-bond donors (Lipinski definition) is 0. The van der Waals surface area contributed by atoms with E-state index in [0.717, 1.165) is 66.5 Å². The number of fused-ring (bicyclic) bond motifs is 2. The highest BCUT2D eigenvalue weighted by Crippen LogP contribution is 2.45. The van der Waals surface area contributed by atoms with Gasteiger partial charge in [-0.25, -0.2) is 4.98 Å². The van der Waals surface area contributed by atoms with E-state index in [2.05, 4.69) is 27.9 Å². The lowest BCUT2D eigenvalue weighted by atomic mass is 9.86. The van der Waals surface area contributed by atoms with Crippen LogP contribution in [0.25, 0.3) is 11.4 Å². The number of piperidine rings is 1. The number of nitrogens with zero attached hydrogens (tertiary/aromatic N) is 3. The third kappa shape index (κ3) is 3.77. The van der Waals surface area contributed by atoms with Crippen LogP contribution < -0.4 is 4.74 Å². The van der Waals surface area contributed by atoms with Crippen LogP contribution in [0, 0.1) is 5.92 Å². The number of carbonyl (C=O) groups excluding carboxylic acids is 1. The van der Waals surface area contributed by atoms with Crippen LogP contribution in [-0.4, -0.2) is 33.4 Å². The van der Waals surface area contributed by atoms with Crippen molar-refractivity contribution in [2.24, 2.45) is 5.92 Å². The van der Waals surface area contributed by atoms with Crippen LogP contribution in [0.2, 0.25) is 0 Å². The number of carbonyl (C=O) groups is 1. The predicted octanol–water partition coefficient (Wildman–Crippen LogP) is 5.73. The number of hydrogen-bond acceptors (Lipinski definition) is 3. The summed E-state index contributed by atoms with van der Waals surface area (Å²) in [7, 11) is 0. The number of amides is 1. The van der Waals surface area contributed by atoms with Crippen LogP contribution in [-0.2, 0) is 11.3 Å². The average Bonchev–Trinajstić information content (AvgIpc) is 3.36. The molecule has 0 N–H and O–H groups in total. The number of ether oxygens (including phenoxy) is 1. The Labute approximate surface area is 199 Å². The highest BCUT2D eigenvalue weighted by atomic mass is 16.5. The van der Waals surface area contributed by atoms with Gasteiger partial charge in [-0.3, -0.25) is 4.79 Å². The second-order valence-corrected chi connectivity index (χ2v) is 9.15. The normalized spacial score (nSPS) is 15.9. The fourth-order valence-electron chi connectivity index (χ4n) is 5.28. The molecule has 0 spiro atoms. The number of rotatable bonds is 4. The number of likely N-dealkylation sites (tertiary alicyclic amines) is 1. The number of para-hydroxylation sites is 2. The molecule has 2 aliphatic heterocycles. The summed E-state index contributed by atoms with van der Waals surface area (Å²) < 4.78 is 8.34. The molecule has 2 aliphatic rings. The summed E-state index contributed by atoms with van der Waals surface area (Å²) in [6.45, 7) is 2.48. The van der Waals surface area contributed by atoms with Gasteiger partial charge in [0, 0.05) is 48.7 Å². The van der Waals surface area contributed by atoms with Gasteiger partial charge in [0.2, 0.25) is 5.91 Å². The van der Waals surface area contributed by atoms with Gasteiger partial charge in [0.1, 0.15) is 17.3 Å². The number of imidazole rings is 1. The zero-order valence-corrected chi connectivity index (χ0v) is 19.0. The maximum atomic E-state index is 13.8. The Morgan fingerprint density at radius 2 is 1.47 bits per heavy atom. The molecule has 1 saturated heterocycles. The zero-order chi connectivity index (χ0) is 22.9. The van der Waals surface area contributed by atoms with Crippen molar-refractivity contribution in [2.75, 3.05) is 13.1 Å². The number of aromatic nitrogens is 2. The largest absolute Gasteiger partial charge is 0.457 e. The molecule has 0 aliphatic carbocycles. The summed E-state index contributed by atoms with van der Waals surface area (Å²) in [4.78, 5) is 20.4. The molecule has 5 nitrogen and oxygen atoms in total. The lowest BCUT2D eigenvalue weighted by Crippen LogP contribution is -2.42. The van der Waals surface area contributed by atoms with Gasteiger partial charge in [0.05, 0.1) is 5.92 Å². The predicted molar refractivity (Wildman–Crippen MR) is 132 cm³/mol. The Morgan fingerprint density at radius 3 is 2.15 bits per heavy atom. The van der Waals surface area contributed by atoms with Crippen LogP contribution in [0.4, 0.5) is 0 Å². The molecule has 3 aromatic carbocycles. The summed E-state index contributed by atoms with van der Waals surface area (Å²) in [5.74, 6) is 2.96. The molecule has 6 rings (SSSR count). The van der Waals surface area contributed by atoms with Gasteiger partial charge in [-0.1, -0.05) is 66.7 Å². The first kappa shape index (κ1) is 20.7. The van der Waals surface area contributed by atoms with Gasteiger partial charge in [0.25, 0.3) is 0 Å². The van der Waals surface area contributed by atoms with Crippen molar-refractivity contribution in [3.05, 3.63) is 102 Å². The Morgan fingerprint density at radius 1 is 0.853 bits per heavy atom. The molecule has 4 aromatic rings. The monoisotopic (exact) mass is 449 g/mol. The van der Waals surface area contributed by atoms with Gasteiger partial charge in [-0.15, -0.1) is 0 Å². The SMILES string of the molecule is O=C(C1c2ccccc2Oc2ccccc21)N1CCC(Cn2ccnc2-c2ccccc2)CC1. The van der Waals surface area contributed by atoms with E-state index in [1.165, 1.54) is 0 Å². The zero-order valence-electron chi connectivity index (χ0n) is 19.0. The molecule has 1 fully saturated rings. The van der Waals surface area contributed by atoms with Crippen molar-refractivity contribution in [1.29, 1.82) is 0 Å². The molecule has 0 unspecified atom stereocenters. The smallest absolute Gasteiger partial charge is 0.234 e. The average molecular weight is 450 g/mol. The summed E-state index contributed by atoms with van der Waals surface area (Å²) in [6, 6.07) is 26.1. The Kier molecular flexibility index (Phi) is 5.38. The fourth-order valence-corrected chi connectivity index (χ4v) is 5.28. The van der Waals surface area contributed by atoms with Crippen molar-refractivity contribution in [3.63, 3.8) is 0 Å². The molecule has 34 heavy (non-hydrogen) atoms. The number of benzene rings is 3. The van der Waals surface area contributed by atoms with Gasteiger partial charge < -0.3 is 14.2 Å². The molecule has 0 saturated carbocycles. The topological polar surface area (TPSA) is 47.4 Å². The van der Waals surface area contributed by atoms with Crippen molar-refractivity contribution in [1.82, 2.24) is 14.5 Å². The standard InChI is InChI=1S/C29H27N3O2/c33-29(27-23-10-4-6-12-25(23)34-26-13-7-5-11-24(26)27)31-17-14-21(15-18-31)20-32-19-16-30-28(32)22-8-2-1-3-9-22/h1-13,16,19,21,27H,14-15,17-18,20H2. The van der Waals surface area contributed by atoms with Crippen LogP contribution >= 0.6 is 0 Å². The maximum Gasteiger partial charge on any atom is 0.234 e. The minimum atomic E-state index is -0.309. The van der Waals surface area contributed by atoms with Gasteiger partial charge in [-0.2, -0.15) is 0 Å². The first-order chi connectivity index (χ1) is 16.8. The highest BCUT2D eigenvalue weighted by molar-refractivity contribution is 5.89. The molecular weight excluding hydrogens is 422 g/mol. The molecule has 3 heterocycles. The summed E-state index contributed by atoms with van der Waals surface area (Å²) in [5, 5.41) is 0.